The van der Waals surface area contributed by atoms with Crippen LogP contribution in [0.15, 0.2) is 24.5 Å². The summed E-state index contributed by atoms with van der Waals surface area (Å²) < 4.78 is 0. The van der Waals surface area contributed by atoms with E-state index >= 15 is 0 Å². The first-order valence-corrected chi connectivity index (χ1v) is 5.56. The second-order valence-corrected chi connectivity index (χ2v) is 4.95. The van der Waals surface area contributed by atoms with Crippen LogP contribution in [-0.2, 0) is 9.59 Å². The molecule has 2 aliphatic carbocycles. The van der Waals surface area contributed by atoms with E-state index in [2.05, 4.69) is 6.58 Å². The molecule has 0 heterocycles. The maximum absolute atomic E-state index is 12.2. The monoisotopic (exact) mass is 220 g/mol. The molecule has 2 atom stereocenters. The molecule has 1 N–H and O–H groups in total. The van der Waals surface area contributed by atoms with E-state index in [0.717, 1.165) is 0 Å². The summed E-state index contributed by atoms with van der Waals surface area (Å²) in [5.41, 5.74) is -1.39. The lowest BCUT2D eigenvalue weighted by Gasteiger charge is -2.42. The van der Waals surface area contributed by atoms with Gasteiger partial charge in [0.2, 0.25) is 5.78 Å². The Morgan fingerprint density at radius 2 is 2.25 bits per heavy atom. The number of hydrogen-bond acceptors (Lipinski definition) is 3. The van der Waals surface area contributed by atoms with Gasteiger partial charge in [-0.1, -0.05) is 13.0 Å². The average Bonchev–Trinajstić information content (AvgIpc) is 2.51. The molecule has 0 aromatic rings. The number of allylic oxidation sites excluding steroid dienone is 3. The molecular formula is C13H16O3. The number of carbonyl (C=O) groups excluding carboxylic acids is 2. The van der Waals surface area contributed by atoms with E-state index in [-0.39, 0.29) is 17.3 Å². The SMILES string of the molecule is C=CC[C@@]12CCC(=O)[C@]1(C)CC=C(O)C2=O. The number of ketones is 2. The summed E-state index contributed by atoms with van der Waals surface area (Å²) in [6.45, 7) is 5.50. The van der Waals surface area contributed by atoms with Crippen LogP contribution in [0.3, 0.4) is 0 Å². The van der Waals surface area contributed by atoms with E-state index in [1.165, 1.54) is 6.08 Å². The summed E-state index contributed by atoms with van der Waals surface area (Å²) in [4.78, 5) is 24.1. The molecule has 0 unspecified atom stereocenters. The molecule has 3 nitrogen and oxygen atoms in total. The lowest BCUT2D eigenvalue weighted by Crippen LogP contribution is -2.47. The molecule has 2 rings (SSSR count). The van der Waals surface area contributed by atoms with Gasteiger partial charge in [-0.3, -0.25) is 9.59 Å². The molecule has 0 radical (unpaired) electrons. The molecule has 1 saturated carbocycles. The first kappa shape index (κ1) is 11.1. The highest BCUT2D eigenvalue weighted by molar-refractivity contribution is 6.06. The van der Waals surface area contributed by atoms with Crippen molar-refractivity contribution >= 4 is 11.6 Å². The number of rotatable bonds is 2. The molecule has 0 aliphatic heterocycles. The van der Waals surface area contributed by atoms with Crippen molar-refractivity contribution in [3.63, 3.8) is 0 Å². The van der Waals surface area contributed by atoms with Crippen LogP contribution < -0.4 is 0 Å². The third-order valence-corrected chi connectivity index (χ3v) is 4.31. The lowest BCUT2D eigenvalue weighted by atomic mass is 9.58. The van der Waals surface area contributed by atoms with Gasteiger partial charge in [-0.25, -0.2) is 0 Å². The van der Waals surface area contributed by atoms with Crippen LogP contribution >= 0.6 is 0 Å². The number of aliphatic hydroxyl groups is 1. The first-order chi connectivity index (χ1) is 7.48. The number of carbonyl (C=O) groups is 2. The molecule has 3 heteroatoms. The van der Waals surface area contributed by atoms with Gasteiger partial charge in [0, 0.05) is 11.8 Å². The molecular weight excluding hydrogens is 204 g/mol. The second-order valence-electron chi connectivity index (χ2n) is 4.95. The van der Waals surface area contributed by atoms with Crippen molar-refractivity contribution in [2.45, 2.75) is 32.6 Å². The van der Waals surface area contributed by atoms with Gasteiger partial charge in [-0.15, -0.1) is 6.58 Å². The Kier molecular flexibility index (Phi) is 2.30. The Morgan fingerprint density at radius 1 is 1.56 bits per heavy atom. The van der Waals surface area contributed by atoms with Gasteiger partial charge in [-0.05, 0) is 25.3 Å². The van der Waals surface area contributed by atoms with Gasteiger partial charge in [0.05, 0.1) is 5.41 Å². The van der Waals surface area contributed by atoms with Crippen LogP contribution in [0, 0.1) is 10.8 Å². The van der Waals surface area contributed by atoms with Crippen molar-refractivity contribution < 1.29 is 14.7 Å². The van der Waals surface area contributed by atoms with Crippen molar-refractivity contribution in [2.24, 2.45) is 10.8 Å². The molecule has 0 aromatic heterocycles. The highest BCUT2D eigenvalue weighted by Gasteiger charge is 2.62. The minimum Gasteiger partial charge on any atom is -0.505 e. The number of hydrogen-bond donors (Lipinski definition) is 1. The minimum absolute atomic E-state index is 0.131. The largest absolute Gasteiger partial charge is 0.505 e. The predicted molar refractivity (Wildman–Crippen MR) is 59.9 cm³/mol. The van der Waals surface area contributed by atoms with E-state index in [1.54, 1.807) is 6.08 Å². The van der Waals surface area contributed by atoms with Crippen molar-refractivity contribution in [1.29, 1.82) is 0 Å². The molecule has 0 saturated heterocycles. The maximum Gasteiger partial charge on any atom is 0.204 e. The molecule has 86 valence electrons. The molecule has 0 spiro atoms. The Labute approximate surface area is 94.8 Å². The van der Waals surface area contributed by atoms with Gasteiger partial charge < -0.3 is 5.11 Å². The Hall–Kier alpha value is -1.38. The number of fused-ring (bicyclic) bond motifs is 1. The summed E-state index contributed by atoms with van der Waals surface area (Å²) in [7, 11) is 0. The third kappa shape index (κ3) is 1.09. The zero-order chi connectivity index (χ0) is 12.0. The normalized spacial score (nSPS) is 38.2. The zero-order valence-corrected chi connectivity index (χ0v) is 9.45. The van der Waals surface area contributed by atoms with Crippen LogP contribution in [-0.4, -0.2) is 16.7 Å². The molecule has 16 heavy (non-hydrogen) atoms. The summed E-state index contributed by atoms with van der Waals surface area (Å²) in [5, 5.41) is 9.58. The Morgan fingerprint density at radius 3 is 2.88 bits per heavy atom. The van der Waals surface area contributed by atoms with Crippen LogP contribution in [0.5, 0.6) is 0 Å². The predicted octanol–water partition coefficient (Wildman–Crippen LogP) is 2.33. The Bertz CT molecular complexity index is 407. The Balaban J connectivity index is 2.57. The minimum atomic E-state index is -0.745. The standard InChI is InChI=1S/C13H16O3/c1-3-6-13-8-5-10(15)12(13,2)7-4-9(14)11(13)16/h3-4,14H,1,5-8H2,2H3/t12-,13-/m0/s1. The highest BCUT2D eigenvalue weighted by Crippen LogP contribution is 2.58. The molecule has 0 aromatic carbocycles. The smallest absolute Gasteiger partial charge is 0.204 e. The average molecular weight is 220 g/mol. The number of Topliss-reactive ketones (excluding diaryl/α,β-unsaturated/α-hetero) is 2. The summed E-state index contributed by atoms with van der Waals surface area (Å²) in [5.74, 6) is -0.340. The van der Waals surface area contributed by atoms with E-state index < -0.39 is 10.8 Å². The highest BCUT2D eigenvalue weighted by atomic mass is 16.3. The van der Waals surface area contributed by atoms with Gasteiger partial charge in [0.25, 0.3) is 0 Å². The molecule has 1 fully saturated rings. The summed E-state index contributed by atoms with van der Waals surface area (Å²) >= 11 is 0. The van der Waals surface area contributed by atoms with E-state index in [1.807, 2.05) is 6.92 Å². The first-order valence-electron chi connectivity index (χ1n) is 5.56. The molecule has 0 bridgehead atoms. The van der Waals surface area contributed by atoms with Crippen LogP contribution in [0.2, 0.25) is 0 Å². The summed E-state index contributed by atoms with van der Waals surface area (Å²) in [6, 6.07) is 0. The third-order valence-electron chi connectivity index (χ3n) is 4.31. The lowest BCUT2D eigenvalue weighted by molar-refractivity contribution is -0.142. The zero-order valence-electron chi connectivity index (χ0n) is 9.45. The van der Waals surface area contributed by atoms with Crippen molar-refractivity contribution in [1.82, 2.24) is 0 Å². The van der Waals surface area contributed by atoms with Crippen molar-refractivity contribution in [2.75, 3.05) is 0 Å². The topological polar surface area (TPSA) is 54.4 Å². The van der Waals surface area contributed by atoms with Gasteiger partial charge in [0.15, 0.2) is 5.76 Å². The van der Waals surface area contributed by atoms with Gasteiger partial charge in [-0.2, -0.15) is 0 Å². The molecule has 2 aliphatic rings. The fraction of sp³-hybridized carbons (Fsp3) is 0.538. The second kappa shape index (κ2) is 3.30. The number of aliphatic hydroxyl groups excluding tert-OH is 1. The maximum atomic E-state index is 12.2. The van der Waals surface area contributed by atoms with Crippen molar-refractivity contribution in [3.05, 3.63) is 24.5 Å². The van der Waals surface area contributed by atoms with Crippen LogP contribution in [0.4, 0.5) is 0 Å². The fourth-order valence-electron chi connectivity index (χ4n) is 3.12. The van der Waals surface area contributed by atoms with Crippen LogP contribution in [0.1, 0.15) is 32.6 Å². The van der Waals surface area contributed by atoms with E-state index in [9.17, 15) is 14.7 Å². The van der Waals surface area contributed by atoms with E-state index in [4.69, 9.17) is 0 Å². The van der Waals surface area contributed by atoms with Gasteiger partial charge >= 0.3 is 0 Å². The summed E-state index contributed by atoms with van der Waals surface area (Å²) in [6.07, 6.45) is 5.03. The quantitative estimate of drug-likeness (QED) is 0.727. The van der Waals surface area contributed by atoms with E-state index in [0.29, 0.717) is 25.7 Å². The van der Waals surface area contributed by atoms with Gasteiger partial charge in [0.1, 0.15) is 5.78 Å². The van der Waals surface area contributed by atoms with Crippen molar-refractivity contribution in [3.8, 4) is 0 Å². The molecule has 0 amide bonds. The fourth-order valence-corrected chi connectivity index (χ4v) is 3.12. The van der Waals surface area contributed by atoms with Crippen LogP contribution in [0.25, 0.3) is 0 Å².